The summed E-state index contributed by atoms with van der Waals surface area (Å²) in [5.41, 5.74) is 6.75. The standard InChI is InChI=1S/C32H26BrClN2O/c33-24-12-8-21(9-13-24)20-37-31-17-14-25(34)18-23(31)19-35-26-15-10-22(11-16-26)32-29-6-3-5-27(29)28-4-1-2-7-30(28)36-32/h1-5,7-19,27,29,32,36H,6,20H2/t27-,29-,32-/m0/s1. The minimum atomic E-state index is 0.277. The maximum Gasteiger partial charge on any atom is 0.128 e. The minimum Gasteiger partial charge on any atom is -0.488 e. The fourth-order valence-electron chi connectivity index (χ4n) is 5.28. The van der Waals surface area contributed by atoms with Gasteiger partial charge in [-0.25, -0.2) is 0 Å². The van der Waals surface area contributed by atoms with Gasteiger partial charge in [-0.05, 0) is 77.6 Å². The molecule has 3 atom stereocenters. The molecule has 184 valence electrons. The molecule has 0 saturated heterocycles. The Morgan fingerprint density at radius 2 is 1.78 bits per heavy atom. The van der Waals surface area contributed by atoms with Crippen molar-refractivity contribution in [3.8, 4) is 5.75 Å². The first-order chi connectivity index (χ1) is 18.1. The lowest BCUT2D eigenvalue weighted by molar-refractivity contribution is 0.306. The van der Waals surface area contributed by atoms with E-state index in [1.165, 1.54) is 16.8 Å². The van der Waals surface area contributed by atoms with Crippen LogP contribution < -0.4 is 10.1 Å². The number of aliphatic imine (C=N–C) groups is 1. The molecule has 1 heterocycles. The van der Waals surface area contributed by atoms with Crippen molar-refractivity contribution in [2.45, 2.75) is 25.0 Å². The third-order valence-corrected chi connectivity index (χ3v) is 7.92. The van der Waals surface area contributed by atoms with Gasteiger partial charge in [-0.3, -0.25) is 4.99 Å². The number of hydrogen-bond acceptors (Lipinski definition) is 3. The molecule has 6 rings (SSSR count). The highest BCUT2D eigenvalue weighted by Gasteiger charge is 2.37. The molecule has 0 amide bonds. The number of hydrogen-bond donors (Lipinski definition) is 1. The Balaban J connectivity index is 1.18. The van der Waals surface area contributed by atoms with Gasteiger partial charge in [0.2, 0.25) is 0 Å². The molecule has 3 nitrogen and oxygen atoms in total. The SMILES string of the molecule is Clc1ccc(OCc2ccc(Br)cc2)c(C=Nc2ccc([C@@H]3Nc4ccccc4[C@@H]4C=CC[C@@H]43)cc2)c1. The van der Waals surface area contributed by atoms with Crippen molar-refractivity contribution in [1.29, 1.82) is 0 Å². The first-order valence-electron chi connectivity index (χ1n) is 12.5. The number of allylic oxidation sites excluding steroid dienone is 2. The molecule has 5 heteroatoms. The molecule has 0 bridgehead atoms. The van der Waals surface area contributed by atoms with Crippen LogP contribution in [0.1, 0.15) is 40.6 Å². The monoisotopic (exact) mass is 568 g/mol. The second-order valence-corrected chi connectivity index (χ2v) is 10.9. The summed E-state index contributed by atoms with van der Waals surface area (Å²) >= 11 is 9.76. The average Bonchev–Trinajstić information content (AvgIpc) is 3.43. The van der Waals surface area contributed by atoms with E-state index in [4.69, 9.17) is 21.3 Å². The normalized spacial score (nSPS) is 19.9. The number of nitrogens with zero attached hydrogens (tertiary/aromatic N) is 1. The number of rotatable bonds is 6. The molecule has 1 N–H and O–H groups in total. The van der Waals surface area contributed by atoms with E-state index in [1.807, 2.05) is 48.7 Å². The van der Waals surface area contributed by atoms with E-state index in [0.29, 0.717) is 23.5 Å². The smallest absolute Gasteiger partial charge is 0.128 e. The molecular weight excluding hydrogens is 544 g/mol. The zero-order valence-corrected chi connectivity index (χ0v) is 22.5. The average molecular weight is 570 g/mol. The highest BCUT2D eigenvalue weighted by molar-refractivity contribution is 9.10. The molecule has 2 aliphatic rings. The molecule has 0 saturated carbocycles. The van der Waals surface area contributed by atoms with Gasteiger partial charge in [-0.1, -0.05) is 82.1 Å². The summed E-state index contributed by atoms with van der Waals surface area (Å²) in [7, 11) is 0. The second-order valence-electron chi connectivity index (χ2n) is 9.51. The fourth-order valence-corrected chi connectivity index (χ4v) is 5.72. The van der Waals surface area contributed by atoms with Gasteiger partial charge in [0.1, 0.15) is 12.4 Å². The summed E-state index contributed by atoms with van der Waals surface area (Å²) in [4.78, 5) is 4.73. The van der Waals surface area contributed by atoms with Gasteiger partial charge in [-0.2, -0.15) is 0 Å². The Kier molecular flexibility index (Phi) is 6.86. The molecule has 0 unspecified atom stereocenters. The lowest BCUT2D eigenvalue weighted by Gasteiger charge is -2.37. The van der Waals surface area contributed by atoms with Crippen LogP contribution in [0.4, 0.5) is 11.4 Å². The van der Waals surface area contributed by atoms with Crippen molar-refractivity contribution in [3.05, 3.63) is 135 Å². The molecule has 4 aromatic carbocycles. The van der Waals surface area contributed by atoms with Crippen molar-refractivity contribution < 1.29 is 4.74 Å². The highest BCUT2D eigenvalue weighted by Crippen LogP contribution is 2.49. The van der Waals surface area contributed by atoms with E-state index in [-0.39, 0.29) is 6.04 Å². The summed E-state index contributed by atoms with van der Waals surface area (Å²) in [6.07, 6.45) is 7.61. The predicted octanol–water partition coefficient (Wildman–Crippen LogP) is 9.26. The van der Waals surface area contributed by atoms with Crippen LogP contribution in [0.15, 0.2) is 113 Å². The molecule has 0 fully saturated rings. The number of anilines is 1. The third kappa shape index (κ3) is 5.22. The molecule has 0 spiro atoms. The van der Waals surface area contributed by atoms with Crippen LogP contribution in [0, 0.1) is 5.92 Å². The molecule has 1 aliphatic carbocycles. The van der Waals surface area contributed by atoms with Gasteiger partial charge in [0.05, 0.1) is 11.7 Å². The Bertz CT molecular complexity index is 1460. The Morgan fingerprint density at radius 3 is 2.62 bits per heavy atom. The number of ether oxygens (including phenoxy) is 1. The largest absolute Gasteiger partial charge is 0.488 e. The summed E-state index contributed by atoms with van der Waals surface area (Å²) in [5.74, 6) is 1.75. The van der Waals surface area contributed by atoms with E-state index in [1.54, 1.807) is 0 Å². The van der Waals surface area contributed by atoms with Crippen LogP contribution in [-0.2, 0) is 6.61 Å². The van der Waals surface area contributed by atoms with Gasteiger partial charge < -0.3 is 10.1 Å². The lowest BCUT2D eigenvalue weighted by Crippen LogP contribution is -2.28. The Morgan fingerprint density at radius 1 is 0.973 bits per heavy atom. The Labute approximate surface area is 231 Å². The fraction of sp³-hybridized carbons (Fsp3) is 0.156. The topological polar surface area (TPSA) is 33.6 Å². The third-order valence-electron chi connectivity index (χ3n) is 7.16. The maximum atomic E-state index is 6.29. The second kappa shape index (κ2) is 10.6. The van der Waals surface area contributed by atoms with E-state index in [0.717, 1.165) is 33.5 Å². The van der Waals surface area contributed by atoms with Gasteiger partial charge >= 0.3 is 0 Å². The van der Waals surface area contributed by atoms with Crippen molar-refractivity contribution in [2.75, 3.05) is 5.32 Å². The molecule has 0 aromatic heterocycles. The highest BCUT2D eigenvalue weighted by atomic mass is 79.9. The van der Waals surface area contributed by atoms with E-state index >= 15 is 0 Å². The molecule has 4 aromatic rings. The zero-order chi connectivity index (χ0) is 25.2. The van der Waals surface area contributed by atoms with Gasteiger partial charge in [0.15, 0.2) is 0 Å². The van der Waals surface area contributed by atoms with Gasteiger partial charge in [0, 0.05) is 32.9 Å². The van der Waals surface area contributed by atoms with Crippen molar-refractivity contribution in [2.24, 2.45) is 10.9 Å². The minimum absolute atomic E-state index is 0.277. The van der Waals surface area contributed by atoms with E-state index in [2.05, 4.69) is 81.9 Å². The first-order valence-corrected chi connectivity index (χ1v) is 13.6. The zero-order valence-electron chi connectivity index (χ0n) is 20.1. The van der Waals surface area contributed by atoms with Crippen LogP contribution in [0.2, 0.25) is 5.02 Å². The molecule has 37 heavy (non-hydrogen) atoms. The Hall–Kier alpha value is -3.34. The summed E-state index contributed by atoms with van der Waals surface area (Å²) in [6.45, 7) is 0.471. The first kappa shape index (κ1) is 24.0. The van der Waals surface area contributed by atoms with Crippen molar-refractivity contribution in [1.82, 2.24) is 0 Å². The number of para-hydroxylation sites is 1. The van der Waals surface area contributed by atoms with Crippen LogP contribution in [0.25, 0.3) is 0 Å². The summed E-state index contributed by atoms with van der Waals surface area (Å²) in [5, 5.41) is 4.44. The summed E-state index contributed by atoms with van der Waals surface area (Å²) < 4.78 is 7.14. The molecular formula is C32H26BrClN2O. The van der Waals surface area contributed by atoms with E-state index in [9.17, 15) is 0 Å². The number of benzene rings is 4. The molecule has 0 radical (unpaired) electrons. The van der Waals surface area contributed by atoms with Crippen LogP contribution >= 0.6 is 27.5 Å². The number of nitrogens with one attached hydrogen (secondary N) is 1. The van der Waals surface area contributed by atoms with Crippen LogP contribution in [0.5, 0.6) is 5.75 Å². The van der Waals surface area contributed by atoms with Crippen molar-refractivity contribution in [3.63, 3.8) is 0 Å². The van der Waals surface area contributed by atoms with Crippen LogP contribution in [0.3, 0.4) is 0 Å². The lowest BCUT2D eigenvalue weighted by atomic mass is 9.77. The summed E-state index contributed by atoms with van der Waals surface area (Å²) in [6, 6.07) is 31.2. The maximum absolute atomic E-state index is 6.29. The van der Waals surface area contributed by atoms with E-state index < -0.39 is 0 Å². The quantitative estimate of drug-likeness (QED) is 0.185. The molecule has 1 aliphatic heterocycles. The van der Waals surface area contributed by atoms with Gasteiger partial charge in [0.25, 0.3) is 0 Å². The van der Waals surface area contributed by atoms with Crippen molar-refractivity contribution >= 4 is 45.1 Å². The van der Waals surface area contributed by atoms with Crippen LogP contribution in [-0.4, -0.2) is 6.21 Å². The number of halogens is 2. The van der Waals surface area contributed by atoms with Gasteiger partial charge in [-0.15, -0.1) is 0 Å². The number of fused-ring (bicyclic) bond motifs is 3. The predicted molar refractivity (Wildman–Crippen MR) is 156 cm³/mol.